The predicted molar refractivity (Wildman–Crippen MR) is 93.3 cm³/mol. The van der Waals surface area contributed by atoms with E-state index in [1.54, 1.807) is 0 Å². The lowest BCUT2D eigenvalue weighted by Crippen LogP contribution is -2.28. The van der Waals surface area contributed by atoms with Crippen LogP contribution in [0.5, 0.6) is 0 Å². The second-order valence-corrected chi connectivity index (χ2v) is 7.50. The van der Waals surface area contributed by atoms with Gasteiger partial charge in [-0.15, -0.1) is 0 Å². The predicted octanol–water partition coefficient (Wildman–Crippen LogP) is 1.46. The molecule has 1 aliphatic rings. The minimum Gasteiger partial charge on any atom is -0.326 e. The van der Waals surface area contributed by atoms with E-state index in [0.29, 0.717) is 11.4 Å². The van der Waals surface area contributed by atoms with E-state index in [1.807, 2.05) is 0 Å². The lowest BCUT2D eigenvalue weighted by molar-refractivity contribution is -0.122. The number of sulfonamides is 1. The lowest BCUT2D eigenvalue weighted by Gasteiger charge is -2.16. The Bertz CT molecular complexity index is 943. The molecule has 0 aromatic heterocycles. The zero-order chi connectivity index (χ0) is 18.9. The van der Waals surface area contributed by atoms with E-state index in [0.717, 1.165) is 0 Å². The number of nitrogens with zero attached hydrogens (tertiary/aromatic N) is 1. The molecule has 0 spiro atoms. The number of rotatable bonds is 4. The first kappa shape index (κ1) is 18.0. The molecule has 1 fully saturated rings. The van der Waals surface area contributed by atoms with Gasteiger partial charge in [-0.05, 0) is 48.5 Å². The molecule has 0 bridgehead atoms. The van der Waals surface area contributed by atoms with Gasteiger partial charge in [0.25, 0.3) is 0 Å². The summed E-state index contributed by atoms with van der Waals surface area (Å²) in [4.78, 5) is 25.9. The minimum absolute atomic E-state index is 0.0402. The van der Waals surface area contributed by atoms with E-state index in [4.69, 9.17) is 5.14 Å². The summed E-state index contributed by atoms with van der Waals surface area (Å²) in [6.45, 7) is 0.186. The summed E-state index contributed by atoms with van der Waals surface area (Å²) in [6.07, 6.45) is 0.0402. The van der Waals surface area contributed by atoms with E-state index < -0.39 is 21.8 Å². The number of hydrogen-bond acceptors (Lipinski definition) is 4. The quantitative estimate of drug-likeness (QED) is 0.841. The number of primary sulfonamides is 1. The van der Waals surface area contributed by atoms with Gasteiger partial charge in [-0.25, -0.2) is 17.9 Å². The van der Waals surface area contributed by atoms with Gasteiger partial charge in [-0.2, -0.15) is 0 Å². The van der Waals surface area contributed by atoms with E-state index in [-0.39, 0.29) is 29.7 Å². The molecule has 1 atom stereocenters. The van der Waals surface area contributed by atoms with Crippen molar-refractivity contribution in [2.75, 3.05) is 16.8 Å². The first-order valence-corrected chi connectivity index (χ1v) is 9.28. The van der Waals surface area contributed by atoms with Gasteiger partial charge in [0.15, 0.2) is 0 Å². The maximum absolute atomic E-state index is 13.0. The molecule has 0 saturated carbocycles. The Labute approximate surface area is 149 Å². The molecule has 7 nitrogen and oxygen atoms in total. The van der Waals surface area contributed by atoms with E-state index in [2.05, 4.69) is 5.32 Å². The monoisotopic (exact) mass is 377 g/mol. The van der Waals surface area contributed by atoms with Crippen LogP contribution in [0.4, 0.5) is 15.8 Å². The van der Waals surface area contributed by atoms with E-state index in [1.165, 1.54) is 53.4 Å². The smallest absolute Gasteiger partial charge is 0.238 e. The molecule has 3 rings (SSSR count). The maximum atomic E-state index is 13.0. The summed E-state index contributed by atoms with van der Waals surface area (Å²) in [6, 6.07) is 10.9. The number of benzene rings is 2. The second kappa shape index (κ2) is 6.85. The SMILES string of the molecule is NS(=O)(=O)c1ccc(NC(=O)C2CC(=O)N(c3ccc(F)cc3)C2)cc1. The highest BCUT2D eigenvalue weighted by molar-refractivity contribution is 7.89. The van der Waals surface area contributed by atoms with Crippen molar-refractivity contribution in [2.24, 2.45) is 11.1 Å². The molecule has 3 N–H and O–H groups in total. The minimum atomic E-state index is -3.80. The van der Waals surface area contributed by atoms with Crippen LogP contribution in [0.25, 0.3) is 0 Å². The molecular weight excluding hydrogens is 361 g/mol. The van der Waals surface area contributed by atoms with Crippen LogP contribution in [0.3, 0.4) is 0 Å². The van der Waals surface area contributed by atoms with Crippen molar-refractivity contribution in [3.05, 3.63) is 54.3 Å². The summed E-state index contributed by atoms with van der Waals surface area (Å²) in [7, 11) is -3.80. The second-order valence-electron chi connectivity index (χ2n) is 5.94. The zero-order valence-corrected chi connectivity index (χ0v) is 14.4. The fraction of sp³-hybridized carbons (Fsp3) is 0.176. The van der Waals surface area contributed by atoms with Crippen LogP contribution in [0.1, 0.15) is 6.42 Å². The van der Waals surface area contributed by atoms with Crippen LogP contribution < -0.4 is 15.4 Å². The van der Waals surface area contributed by atoms with Crippen LogP contribution in [0.15, 0.2) is 53.4 Å². The van der Waals surface area contributed by atoms with Gasteiger partial charge < -0.3 is 10.2 Å². The molecular formula is C17H16FN3O4S. The Balaban J connectivity index is 1.67. The molecule has 1 saturated heterocycles. The van der Waals surface area contributed by atoms with Gasteiger partial charge in [0, 0.05) is 24.3 Å². The van der Waals surface area contributed by atoms with Gasteiger partial charge in [0.1, 0.15) is 5.82 Å². The number of halogens is 1. The topological polar surface area (TPSA) is 110 Å². The third-order valence-corrected chi connectivity index (χ3v) is 5.01. The maximum Gasteiger partial charge on any atom is 0.238 e. The van der Waals surface area contributed by atoms with Crippen molar-refractivity contribution in [2.45, 2.75) is 11.3 Å². The van der Waals surface area contributed by atoms with Crippen molar-refractivity contribution in [3.8, 4) is 0 Å². The standard InChI is InChI=1S/C17H16FN3O4S/c18-12-1-5-14(6-2-12)21-10-11(9-16(21)22)17(23)20-13-3-7-15(8-4-13)26(19,24)25/h1-8,11H,9-10H2,(H,20,23)(H2,19,24,25). The third-order valence-electron chi connectivity index (χ3n) is 4.08. The Kier molecular flexibility index (Phi) is 4.75. The fourth-order valence-corrected chi connectivity index (χ4v) is 3.24. The van der Waals surface area contributed by atoms with Crippen molar-refractivity contribution in [1.82, 2.24) is 0 Å². The highest BCUT2D eigenvalue weighted by atomic mass is 32.2. The summed E-state index contributed by atoms with van der Waals surface area (Å²) < 4.78 is 35.5. The molecule has 1 unspecified atom stereocenters. The number of anilines is 2. The highest BCUT2D eigenvalue weighted by Gasteiger charge is 2.35. The number of carbonyl (C=O) groups excluding carboxylic acids is 2. The summed E-state index contributed by atoms with van der Waals surface area (Å²) in [5.74, 6) is -1.55. The first-order chi connectivity index (χ1) is 12.2. The molecule has 0 aliphatic carbocycles. The molecule has 2 aromatic carbocycles. The number of nitrogens with two attached hydrogens (primary N) is 1. The molecule has 1 heterocycles. The summed E-state index contributed by atoms with van der Waals surface area (Å²) in [5.41, 5.74) is 0.930. The molecule has 2 aromatic rings. The normalized spacial score (nSPS) is 17.4. The molecule has 2 amide bonds. The molecule has 9 heteroatoms. The molecule has 136 valence electrons. The van der Waals surface area contributed by atoms with Gasteiger partial charge in [-0.3, -0.25) is 9.59 Å². The molecule has 26 heavy (non-hydrogen) atoms. The highest BCUT2D eigenvalue weighted by Crippen LogP contribution is 2.26. The van der Waals surface area contributed by atoms with Crippen LogP contribution in [0, 0.1) is 11.7 Å². The van der Waals surface area contributed by atoms with Crippen molar-refractivity contribution in [3.63, 3.8) is 0 Å². The average molecular weight is 377 g/mol. The largest absolute Gasteiger partial charge is 0.326 e. The molecule has 1 aliphatic heterocycles. The Hall–Kier alpha value is -2.78. The van der Waals surface area contributed by atoms with Crippen molar-refractivity contribution >= 4 is 33.2 Å². The Morgan fingerprint density at radius 2 is 1.73 bits per heavy atom. The number of hydrogen-bond donors (Lipinski definition) is 2. The average Bonchev–Trinajstić information content (AvgIpc) is 2.97. The summed E-state index contributed by atoms with van der Waals surface area (Å²) in [5, 5.41) is 7.67. The number of amides is 2. The van der Waals surface area contributed by atoms with E-state index in [9.17, 15) is 22.4 Å². The van der Waals surface area contributed by atoms with Crippen LogP contribution in [-0.2, 0) is 19.6 Å². The Morgan fingerprint density at radius 1 is 1.12 bits per heavy atom. The van der Waals surface area contributed by atoms with Crippen molar-refractivity contribution < 1.29 is 22.4 Å². The fourth-order valence-electron chi connectivity index (χ4n) is 2.73. The first-order valence-electron chi connectivity index (χ1n) is 7.74. The van der Waals surface area contributed by atoms with Gasteiger partial charge in [-0.1, -0.05) is 0 Å². The van der Waals surface area contributed by atoms with Crippen LogP contribution in [-0.4, -0.2) is 26.8 Å². The Morgan fingerprint density at radius 3 is 2.31 bits per heavy atom. The van der Waals surface area contributed by atoms with Gasteiger partial charge in [0.05, 0.1) is 10.8 Å². The van der Waals surface area contributed by atoms with Crippen LogP contribution in [0.2, 0.25) is 0 Å². The van der Waals surface area contributed by atoms with E-state index >= 15 is 0 Å². The summed E-state index contributed by atoms with van der Waals surface area (Å²) >= 11 is 0. The zero-order valence-electron chi connectivity index (χ0n) is 13.6. The van der Waals surface area contributed by atoms with Crippen molar-refractivity contribution in [1.29, 1.82) is 0 Å². The van der Waals surface area contributed by atoms with Gasteiger partial charge >= 0.3 is 0 Å². The third kappa shape index (κ3) is 3.89. The number of nitrogens with one attached hydrogen (secondary N) is 1. The lowest BCUT2D eigenvalue weighted by atomic mass is 10.1. The number of carbonyl (C=O) groups is 2. The van der Waals surface area contributed by atoms with Crippen LogP contribution >= 0.6 is 0 Å². The van der Waals surface area contributed by atoms with Gasteiger partial charge in [0.2, 0.25) is 21.8 Å². The molecule has 0 radical (unpaired) electrons.